The molecule has 27 heavy (non-hydrogen) atoms. The molecule has 0 fully saturated rings. The average Bonchev–Trinajstić information content (AvgIpc) is 3.03. The van der Waals surface area contributed by atoms with Gasteiger partial charge in [-0.05, 0) is 43.3 Å². The van der Waals surface area contributed by atoms with Crippen LogP contribution in [0, 0.1) is 12.7 Å². The van der Waals surface area contributed by atoms with Crippen molar-refractivity contribution in [3.8, 4) is 5.75 Å². The van der Waals surface area contributed by atoms with Gasteiger partial charge in [-0.2, -0.15) is 0 Å². The number of aromatic amines is 1. The third kappa shape index (κ3) is 3.26. The molecule has 4 aromatic rings. The fourth-order valence-corrected chi connectivity index (χ4v) is 3.59. The van der Waals surface area contributed by atoms with E-state index in [0.717, 1.165) is 39.2 Å². The smallest absolute Gasteiger partial charge is 0.124 e. The standard InChI is InChI=1S/C23H21FN2O/c1-15-22(18-7-3-5-9-20(18)25-15)23(19-8-4-6-10-21(19)27-2)26-17-13-11-16(24)12-14-17/h3-14,23,25-26H,1-2H3/t23-/m1/s1. The summed E-state index contributed by atoms with van der Waals surface area (Å²) in [7, 11) is 1.68. The van der Waals surface area contributed by atoms with Crippen LogP contribution in [-0.2, 0) is 0 Å². The average molecular weight is 360 g/mol. The van der Waals surface area contributed by atoms with Crippen molar-refractivity contribution in [3.05, 3.63) is 95.4 Å². The number of halogens is 1. The lowest BCUT2D eigenvalue weighted by molar-refractivity contribution is 0.408. The Balaban J connectivity index is 1.89. The summed E-state index contributed by atoms with van der Waals surface area (Å²) in [5, 5.41) is 4.72. The largest absolute Gasteiger partial charge is 0.496 e. The van der Waals surface area contributed by atoms with E-state index >= 15 is 0 Å². The summed E-state index contributed by atoms with van der Waals surface area (Å²) >= 11 is 0. The van der Waals surface area contributed by atoms with E-state index in [1.807, 2.05) is 30.3 Å². The molecule has 0 aliphatic heterocycles. The topological polar surface area (TPSA) is 37.0 Å². The second-order valence-corrected chi connectivity index (χ2v) is 6.54. The molecule has 4 rings (SSSR count). The second-order valence-electron chi connectivity index (χ2n) is 6.54. The summed E-state index contributed by atoms with van der Waals surface area (Å²) in [5.41, 5.74) is 5.20. The molecule has 3 nitrogen and oxygen atoms in total. The predicted molar refractivity (Wildman–Crippen MR) is 108 cm³/mol. The van der Waals surface area contributed by atoms with Crippen LogP contribution in [0.15, 0.2) is 72.8 Å². The summed E-state index contributed by atoms with van der Waals surface area (Å²) in [6.45, 7) is 2.07. The van der Waals surface area contributed by atoms with Crippen LogP contribution < -0.4 is 10.1 Å². The number of benzene rings is 3. The summed E-state index contributed by atoms with van der Waals surface area (Å²) in [4.78, 5) is 3.47. The van der Waals surface area contributed by atoms with Crippen molar-refractivity contribution >= 4 is 16.6 Å². The van der Waals surface area contributed by atoms with E-state index in [0.29, 0.717) is 0 Å². The van der Waals surface area contributed by atoms with Crippen molar-refractivity contribution in [2.45, 2.75) is 13.0 Å². The molecule has 0 saturated carbocycles. The van der Waals surface area contributed by atoms with E-state index < -0.39 is 0 Å². The Labute approximate surface area is 157 Å². The van der Waals surface area contributed by atoms with Gasteiger partial charge in [0.25, 0.3) is 0 Å². The molecule has 0 bridgehead atoms. The van der Waals surface area contributed by atoms with E-state index in [4.69, 9.17) is 4.74 Å². The predicted octanol–water partition coefficient (Wildman–Crippen LogP) is 5.83. The molecule has 0 aliphatic rings. The first-order valence-electron chi connectivity index (χ1n) is 8.89. The number of H-pyrrole nitrogens is 1. The van der Waals surface area contributed by atoms with Crippen molar-refractivity contribution in [1.82, 2.24) is 4.98 Å². The molecular formula is C23H21FN2O. The second kappa shape index (κ2) is 7.16. The van der Waals surface area contributed by atoms with Crippen LogP contribution in [0.5, 0.6) is 5.75 Å². The Morgan fingerprint density at radius 3 is 2.41 bits per heavy atom. The highest BCUT2D eigenvalue weighted by atomic mass is 19.1. The van der Waals surface area contributed by atoms with Gasteiger partial charge < -0.3 is 15.0 Å². The fraction of sp³-hybridized carbons (Fsp3) is 0.130. The first-order valence-corrected chi connectivity index (χ1v) is 8.89. The molecule has 0 spiro atoms. The highest BCUT2D eigenvalue weighted by Crippen LogP contribution is 2.38. The number of anilines is 1. The van der Waals surface area contributed by atoms with E-state index in [1.165, 1.54) is 12.1 Å². The molecule has 0 amide bonds. The molecule has 0 radical (unpaired) electrons. The highest BCUT2D eigenvalue weighted by molar-refractivity contribution is 5.86. The molecule has 1 aromatic heterocycles. The fourth-order valence-electron chi connectivity index (χ4n) is 3.59. The normalized spacial score (nSPS) is 12.1. The van der Waals surface area contributed by atoms with Gasteiger partial charge in [0.05, 0.1) is 13.2 Å². The number of hydrogen-bond acceptors (Lipinski definition) is 2. The lowest BCUT2D eigenvalue weighted by atomic mass is 9.95. The van der Waals surface area contributed by atoms with Gasteiger partial charge in [-0.3, -0.25) is 0 Å². The van der Waals surface area contributed by atoms with Gasteiger partial charge in [0.2, 0.25) is 0 Å². The Bertz CT molecular complexity index is 1070. The van der Waals surface area contributed by atoms with Crippen LogP contribution in [0.1, 0.15) is 22.9 Å². The zero-order chi connectivity index (χ0) is 18.8. The molecule has 1 atom stereocenters. The number of ether oxygens (including phenoxy) is 1. The number of aromatic nitrogens is 1. The number of fused-ring (bicyclic) bond motifs is 1. The maximum absolute atomic E-state index is 13.4. The Morgan fingerprint density at radius 2 is 1.63 bits per heavy atom. The SMILES string of the molecule is COc1ccccc1[C@@H](Nc1ccc(F)cc1)c1c(C)[nH]c2ccccc12. The van der Waals surface area contributed by atoms with Crippen LogP contribution in [-0.4, -0.2) is 12.1 Å². The lowest BCUT2D eigenvalue weighted by Gasteiger charge is -2.23. The number of hydrogen-bond donors (Lipinski definition) is 2. The molecule has 2 N–H and O–H groups in total. The van der Waals surface area contributed by atoms with E-state index in [9.17, 15) is 4.39 Å². The molecule has 0 aliphatic carbocycles. The zero-order valence-electron chi connectivity index (χ0n) is 15.3. The van der Waals surface area contributed by atoms with Gasteiger partial charge in [-0.15, -0.1) is 0 Å². The lowest BCUT2D eigenvalue weighted by Crippen LogP contribution is -2.14. The molecule has 0 saturated heterocycles. The van der Waals surface area contributed by atoms with E-state index in [2.05, 4.69) is 35.4 Å². The quantitative estimate of drug-likeness (QED) is 0.470. The number of nitrogens with one attached hydrogen (secondary N) is 2. The minimum atomic E-state index is -0.252. The minimum absolute atomic E-state index is 0.150. The first kappa shape index (κ1) is 17.2. The van der Waals surface area contributed by atoms with Gasteiger partial charge in [-0.1, -0.05) is 36.4 Å². The zero-order valence-corrected chi connectivity index (χ0v) is 15.3. The van der Waals surface area contributed by atoms with E-state index in [-0.39, 0.29) is 11.9 Å². The maximum atomic E-state index is 13.4. The van der Waals surface area contributed by atoms with Crippen molar-refractivity contribution in [3.63, 3.8) is 0 Å². The summed E-state index contributed by atoms with van der Waals surface area (Å²) in [5.74, 6) is 0.555. The molecule has 136 valence electrons. The third-order valence-corrected chi connectivity index (χ3v) is 4.84. The molecule has 4 heteroatoms. The summed E-state index contributed by atoms with van der Waals surface area (Å²) in [6.07, 6.45) is 0. The van der Waals surface area contributed by atoms with Crippen molar-refractivity contribution in [1.29, 1.82) is 0 Å². The van der Waals surface area contributed by atoms with Crippen LogP contribution in [0.25, 0.3) is 10.9 Å². The summed E-state index contributed by atoms with van der Waals surface area (Å²) in [6, 6.07) is 22.5. The van der Waals surface area contributed by atoms with Gasteiger partial charge in [0, 0.05) is 33.4 Å². The van der Waals surface area contributed by atoms with Crippen molar-refractivity contribution in [2.75, 3.05) is 12.4 Å². The number of para-hydroxylation sites is 2. The number of methoxy groups -OCH3 is 1. The Morgan fingerprint density at radius 1 is 0.926 bits per heavy atom. The van der Waals surface area contributed by atoms with Gasteiger partial charge in [0.1, 0.15) is 11.6 Å². The monoisotopic (exact) mass is 360 g/mol. The van der Waals surface area contributed by atoms with E-state index in [1.54, 1.807) is 19.2 Å². The van der Waals surface area contributed by atoms with Gasteiger partial charge in [0.15, 0.2) is 0 Å². The molecule has 0 unspecified atom stereocenters. The third-order valence-electron chi connectivity index (χ3n) is 4.84. The molecule has 1 heterocycles. The van der Waals surface area contributed by atoms with Crippen LogP contribution in [0.4, 0.5) is 10.1 Å². The number of rotatable bonds is 5. The Hall–Kier alpha value is -3.27. The van der Waals surface area contributed by atoms with Crippen LogP contribution >= 0.6 is 0 Å². The molecule has 3 aromatic carbocycles. The van der Waals surface area contributed by atoms with Crippen molar-refractivity contribution < 1.29 is 9.13 Å². The number of aryl methyl sites for hydroxylation is 1. The molecular weight excluding hydrogens is 339 g/mol. The van der Waals surface area contributed by atoms with Gasteiger partial charge in [-0.25, -0.2) is 4.39 Å². The van der Waals surface area contributed by atoms with Gasteiger partial charge >= 0.3 is 0 Å². The minimum Gasteiger partial charge on any atom is -0.496 e. The van der Waals surface area contributed by atoms with Crippen molar-refractivity contribution in [2.24, 2.45) is 0 Å². The first-order chi connectivity index (χ1) is 13.2. The summed E-state index contributed by atoms with van der Waals surface area (Å²) < 4.78 is 19.0. The van der Waals surface area contributed by atoms with Crippen LogP contribution in [0.2, 0.25) is 0 Å². The van der Waals surface area contributed by atoms with Crippen LogP contribution in [0.3, 0.4) is 0 Å². The highest BCUT2D eigenvalue weighted by Gasteiger charge is 2.23. The Kier molecular flexibility index (Phi) is 4.55. The maximum Gasteiger partial charge on any atom is 0.124 e.